The molecule has 7 nitrogen and oxygen atoms in total. The Bertz CT molecular complexity index is 471. The highest BCUT2D eigenvalue weighted by Crippen LogP contribution is 2.12. The first-order valence-electron chi connectivity index (χ1n) is 5.66. The average Bonchev–Trinajstić information content (AvgIpc) is 2.78. The second kappa shape index (κ2) is 6.28. The molecule has 0 amide bonds. The maximum Gasteiger partial charge on any atom is 0.259 e. The molecule has 8 heteroatoms. The summed E-state index contributed by atoms with van der Waals surface area (Å²) in [6, 6.07) is -0.358. The molecule has 1 unspecified atom stereocenters. The average molecular weight is 276 g/mol. The van der Waals surface area contributed by atoms with E-state index in [0.29, 0.717) is 18.9 Å². The van der Waals surface area contributed by atoms with Gasteiger partial charge in [-0.1, -0.05) is 6.92 Å². The van der Waals surface area contributed by atoms with Gasteiger partial charge in [0.1, 0.15) is 5.82 Å². The number of likely N-dealkylation sites (N-methyl/N-ethyl adjacent to an activating group) is 1. The quantitative estimate of drug-likeness (QED) is 0.703. The molecular formula is C10H20N4O3S. The van der Waals surface area contributed by atoms with E-state index in [1.807, 2.05) is 6.92 Å². The first-order valence-corrected chi connectivity index (χ1v) is 7.10. The van der Waals surface area contributed by atoms with Crippen molar-refractivity contribution < 1.29 is 13.2 Å². The summed E-state index contributed by atoms with van der Waals surface area (Å²) in [6.45, 7) is 2.40. The van der Waals surface area contributed by atoms with E-state index in [2.05, 4.69) is 9.97 Å². The van der Waals surface area contributed by atoms with E-state index >= 15 is 0 Å². The summed E-state index contributed by atoms with van der Waals surface area (Å²) in [6.07, 6.45) is 1.98. The van der Waals surface area contributed by atoms with Crippen molar-refractivity contribution in [3.8, 4) is 0 Å². The molecule has 1 aromatic rings. The third-order valence-electron chi connectivity index (χ3n) is 2.50. The van der Waals surface area contributed by atoms with Gasteiger partial charge in [0.25, 0.3) is 10.0 Å². The van der Waals surface area contributed by atoms with E-state index in [1.54, 1.807) is 0 Å². The number of aromatic nitrogens is 2. The van der Waals surface area contributed by atoms with E-state index in [4.69, 9.17) is 10.5 Å². The second-order valence-corrected chi connectivity index (χ2v) is 6.06. The Balaban J connectivity index is 2.79. The van der Waals surface area contributed by atoms with Crippen LogP contribution in [0.4, 0.5) is 0 Å². The molecule has 0 radical (unpaired) electrons. The van der Waals surface area contributed by atoms with E-state index in [-0.39, 0.29) is 17.6 Å². The number of aromatic amines is 1. The van der Waals surface area contributed by atoms with Crippen molar-refractivity contribution in [2.75, 3.05) is 27.3 Å². The predicted molar refractivity (Wildman–Crippen MR) is 67.6 cm³/mol. The Labute approximate surface area is 107 Å². The van der Waals surface area contributed by atoms with Crippen LogP contribution < -0.4 is 5.73 Å². The lowest BCUT2D eigenvalue weighted by Crippen LogP contribution is -2.41. The molecule has 0 fully saturated rings. The number of sulfonamides is 1. The van der Waals surface area contributed by atoms with Gasteiger partial charge in [0.2, 0.25) is 0 Å². The highest BCUT2D eigenvalue weighted by molar-refractivity contribution is 7.89. The Morgan fingerprint density at radius 3 is 2.78 bits per heavy atom. The van der Waals surface area contributed by atoms with Crippen molar-refractivity contribution in [2.24, 2.45) is 5.73 Å². The maximum absolute atomic E-state index is 12.2. The molecule has 18 heavy (non-hydrogen) atoms. The fourth-order valence-electron chi connectivity index (χ4n) is 1.52. The molecule has 0 aliphatic rings. The van der Waals surface area contributed by atoms with Crippen LogP contribution in [0, 0.1) is 0 Å². The molecule has 1 aromatic heterocycles. The van der Waals surface area contributed by atoms with Crippen LogP contribution in [0.2, 0.25) is 0 Å². The van der Waals surface area contributed by atoms with Crippen molar-refractivity contribution in [2.45, 2.75) is 24.4 Å². The van der Waals surface area contributed by atoms with Gasteiger partial charge in [-0.3, -0.25) is 0 Å². The number of rotatable bonds is 7. The first-order chi connectivity index (χ1) is 8.41. The van der Waals surface area contributed by atoms with Crippen molar-refractivity contribution in [1.82, 2.24) is 14.3 Å². The second-order valence-electron chi connectivity index (χ2n) is 4.05. The van der Waals surface area contributed by atoms with Crippen molar-refractivity contribution in [3.05, 3.63) is 12.0 Å². The number of nitrogens with zero attached hydrogens (tertiary/aromatic N) is 2. The zero-order chi connectivity index (χ0) is 13.8. The van der Waals surface area contributed by atoms with E-state index in [0.717, 1.165) is 0 Å². The van der Waals surface area contributed by atoms with Crippen LogP contribution in [0.25, 0.3) is 0 Å². The zero-order valence-corrected chi connectivity index (χ0v) is 11.7. The lowest BCUT2D eigenvalue weighted by atomic mass is 10.3. The van der Waals surface area contributed by atoms with Crippen LogP contribution in [0.3, 0.4) is 0 Å². The molecule has 3 N–H and O–H groups in total. The molecular weight excluding hydrogens is 256 g/mol. The molecule has 0 saturated heterocycles. The van der Waals surface area contributed by atoms with Crippen LogP contribution >= 0.6 is 0 Å². The minimum absolute atomic E-state index is 0.0893. The van der Waals surface area contributed by atoms with Gasteiger partial charge in [-0.05, 0) is 0 Å². The van der Waals surface area contributed by atoms with Gasteiger partial charge in [0, 0.05) is 33.2 Å². The Morgan fingerprint density at radius 1 is 1.61 bits per heavy atom. The van der Waals surface area contributed by atoms with Crippen LogP contribution in [0.1, 0.15) is 12.7 Å². The first kappa shape index (κ1) is 15.1. The number of hydrogen-bond acceptors (Lipinski definition) is 5. The normalized spacial score (nSPS) is 14.1. The topological polar surface area (TPSA) is 101 Å². The smallest absolute Gasteiger partial charge is 0.259 e. The Hall–Kier alpha value is -0.960. The summed E-state index contributed by atoms with van der Waals surface area (Å²) < 4.78 is 30.4. The molecule has 1 rings (SSSR count). The lowest BCUT2D eigenvalue weighted by molar-refractivity contribution is 0.173. The van der Waals surface area contributed by atoms with Crippen molar-refractivity contribution in [3.63, 3.8) is 0 Å². The van der Waals surface area contributed by atoms with Crippen LogP contribution in [-0.2, 0) is 21.2 Å². The van der Waals surface area contributed by atoms with E-state index in [9.17, 15) is 8.42 Å². The highest BCUT2D eigenvalue weighted by atomic mass is 32.2. The van der Waals surface area contributed by atoms with Crippen molar-refractivity contribution in [1.29, 1.82) is 0 Å². The summed E-state index contributed by atoms with van der Waals surface area (Å²) in [4.78, 5) is 6.76. The molecule has 0 saturated carbocycles. The molecule has 1 atom stereocenters. The molecule has 0 bridgehead atoms. The molecule has 0 aliphatic heterocycles. The summed E-state index contributed by atoms with van der Waals surface area (Å²) in [5.41, 5.74) is 5.73. The number of aryl methyl sites for hydroxylation is 1. The number of nitrogens with one attached hydrogen (secondary N) is 1. The number of imidazole rings is 1. The van der Waals surface area contributed by atoms with Crippen molar-refractivity contribution >= 4 is 10.0 Å². The number of nitrogens with two attached hydrogens (primary N) is 1. The largest absolute Gasteiger partial charge is 0.383 e. The number of hydrogen-bond donors (Lipinski definition) is 2. The summed E-state index contributed by atoms with van der Waals surface area (Å²) >= 11 is 0. The molecule has 0 aromatic carbocycles. The van der Waals surface area contributed by atoms with Gasteiger partial charge in [-0.15, -0.1) is 0 Å². The molecule has 104 valence electrons. The van der Waals surface area contributed by atoms with Gasteiger partial charge in [-0.25, -0.2) is 13.4 Å². The van der Waals surface area contributed by atoms with Crippen LogP contribution in [0.5, 0.6) is 0 Å². The number of methoxy groups -OCH3 is 1. The van der Waals surface area contributed by atoms with Gasteiger partial charge >= 0.3 is 0 Å². The number of ether oxygens (including phenoxy) is 1. The highest BCUT2D eigenvalue weighted by Gasteiger charge is 2.24. The van der Waals surface area contributed by atoms with Gasteiger partial charge in [-0.2, -0.15) is 4.31 Å². The monoisotopic (exact) mass is 276 g/mol. The summed E-state index contributed by atoms with van der Waals surface area (Å²) in [5, 5.41) is 0.0893. The van der Waals surface area contributed by atoms with Gasteiger partial charge in [0.05, 0.1) is 12.8 Å². The Kier molecular flexibility index (Phi) is 5.27. The van der Waals surface area contributed by atoms with Gasteiger partial charge in [0.15, 0.2) is 5.03 Å². The SMILES string of the molecule is CCc1ncc(S(=O)(=O)N(C)CC(N)COC)[nH]1. The predicted octanol–water partition coefficient (Wildman–Crippen LogP) is -0.434. The Morgan fingerprint density at radius 2 is 2.28 bits per heavy atom. The minimum atomic E-state index is -3.56. The van der Waals surface area contributed by atoms with Crippen LogP contribution in [0.15, 0.2) is 11.2 Å². The van der Waals surface area contributed by atoms with E-state index in [1.165, 1.54) is 24.7 Å². The fraction of sp³-hybridized carbons (Fsp3) is 0.700. The fourth-order valence-corrected chi connectivity index (χ4v) is 2.67. The molecule has 0 spiro atoms. The zero-order valence-electron chi connectivity index (χ0n) is 10.9. The summed E-state index contributed by atoms with van der Waals surface area (Å²) in [7, 11) is -0.554. The summed E-state index contributed by atoms with van der Waals surface area (Å²) in [5.74, 6) is 0.642. The number of H-pyrrole nitrogens is 1. The minimum Gasteiger partial charge on any atom is -0.383 e. The standard InChI is InChI=1S/C10H20N4O3S/c1-4-9-12-5-10(13-9)18(15,16)14(2)6-8(11)7-17-3/h5,8H,4,6-7,11H2,1-3H3,(H,12,13). The molecule has 1 heterocycles. The lowest BCUT2D eigenvalue weighted by Gasteiger charge is -2.19. The van der Waals surface area contributed by atoms with E-state index < -0.39 is 10.0 Å². The van der Waals surface area contributed by atoms with Crippen LogP contribution in [-0.4, -0.2) is 56.0 Å². The maximum atomic E-state index is 12.2. The third-order valence-corrected chi connectivity index (χ3v) is 4.23. The van der Waals surface area contributed by atoms with Gasteiger partial charge < -0.3 is 15.5 Å². The molecule has 0 aliphatic carbocycles. The third kappa shape index (κ3) is 3.52.